The molecule has 6 heteroatoms. The summed E-state index contributed by atoms with van der Waals surface area (Å²) >= 11 is 0. The first-order valence-electron chi connectivity index (χ1n) is 7.91. The Bertz CT molecular complexity index is 525. The molecule has 0 heterocycles. The van der Waals surface area contributed by atoms with Gasteiger partial charge in [0.05, 0.1) is 0 Å². The molecule has 22 heavy (non-hydrogen) atoms. The second kappa shape index (κ2) is 6.36. The van der Waals surface area contributed by atoms with Gasteiger partial charge in [-0.25, -0.2) is 0 Å². The lowest BCUT2D eigenvalue weighted by molar-refractivity contribution is 0.165. The molecule has 1 aliphatic carbocycles. The van der Waals surface area contributed by atoms with Crippen molar-refractivity contribution in [2.45, 2.75) is 64.3 Å². The van der Waals surface area contributed by atoms with E-state index in [1.54, 1.807) is 6.07 Å². The summed E-state index contributed by atoms with van der Waals surface area (Å²) in [5.74, 6) is 0.498. The topological polar surface area (TPSA) is 58.9 Å². The van der Waals surface area contributed by atoms with Gasteiger partial charge in [-0.05, 0) is 60.7 Å². The van der Waals surface area contributed by atoms with E-state index < -0.39 is 15.6 Å². The molecule has 1 atom stereocenters. The summed E-state index contributed by atoms with van der Waals surface area (Å²) in [7, 11) is -3.50. The van der Waals surface area contributed by atoms with Gasteiger partial charge in [0.1, 0.15) is 5.75 Å². The van der Waals surface area contributed by atoms with Crippen LogP contribution in [-0.4, -0.2) is 31.8 Å². The number of hydrogen-bond acceptors (Lipinski definition) is 4. The van der Waals surface area contributed by atoms with Crippen LogP contribution in [0.25, 0.3) is 0 Å². The first kappa shape index (κ1) is 17.5. The smallest absolute Gasteiger partial charge is 0.512 e. The first-order valence-corrected chi connectivity index (χ1v) is 10.8. The van der Waals surface area contributed by atoms with Gasteiger partial charge in [0.25, 0.3) is 0 Å². The molecule has 4 nitrogen and oxygen atoms in total. The normalized spacial score (nSPS) is 18.8. The van der Waals surface area contributed by atoms with Gasteiger partial charge in [-0.2, -0.15) is 0 Å². The summed E-state index contributed by atoms with van der Waals surface area (Å²) in [4.78, 5) is 0. The van der Waals surface area contributed by atoms with E-state index in [-0.39, 0.29) is 11.1 Å². The molecule has 0 aliphatic heterocycles. The predicted octanol–water partition coefficient (Wildman–Crippen LogP) is 2.91. The summed E-state index contributed by atoms with van der Waals surface area (Å²) in [6.07, 6.45) is 3.14. The number of benzene rings is 1. The minimum absolute atomic E-state index is 0.224. The Morgan fingerprint density at radius 3 is 2.45 bits per heavy atom. The van der Waals surface area contributed by atoms with Gasteiger partial charge < -0.3 is 19.1 Å². The molecule has 0 saturated heterocycles. The van der Waals surface area contributed by atoms with E-state index in [0.717, 1.165) is 19.3 Å². The van der Waals surface area contributed by atoms with Crippen molar-refractivity contribution in [1.29, 1.82) is 0 Å². The van der Waals surface area contributed by atoms with E-state index in [2.05, 4.69) is 33.9 Å². The quantitative estimate of drug-likeness (QED) is 0.837. The maximum absolute atomic E-state index is 8.87. The van der Waals surface area contributed by atoms with Gasteiger partial charge in [-0.15, -0.1) is 0 Å². The molecule has 0 amide bonds. The average molecular weight is 322 g/mol. The van der Waals surface area contributed by atoms with Crippen LogP contribution in [0.1, 0.15) is 38.3 Å². The summed E-state index contributed by atoms with van der Waals surface area (Å²) < 4.78 is 11.4. The third-order valence-electron chi connectivity index (χ3n) is 4.87. The lowest BCUT2D eigenvalue weighted by Crippen LogP contribution is -2.45. The van der Waals surface area contributed by atoms with Crippen molar-refractivity contribution in [3.63, 3.8) is 0 Å². The van der Waals surface area contributed by atoms with Crippen molar-refractivity contribution in [2.75, 3.05) is 0 Å². The zero-order valence-electron chi connectivity index (χ0n) is 14.2. The molecule has 1 aromatic rings. The Morgan fingerprint density at radius 2 is 1.86 bits per heavy atom. The van der Waals surface area contributed by atoms with Gasteiger partial charge >= 0.3 is 7.32 Å². The Hall–Kier alpha value is -0.818. The first-order chi connectivity index (χ1) is 10.1. The number of hydrogen-bond donors (Lipinski definition) is 2. The molecule has 1 aliphatic rings. The summed E-state index contributed by atoms with van der Waals surface area (Å²) in [5.41, 5.74) is 2.49. The fraction of sp³-hybridized carbons (Fsp3) is 0.625. The van der Waals surface area contributed by atoms with Crippen molar-refractivity contribution in [3.05, 3.63) is 29.3 Å². The summed E-state index contributed by atoms with van der Waals surface area (Å²) in [5, 5.41) is 18.0. The molecule has 2 rings (SSSR count). The molecule has 0 bridgehead atoms. The third kappa shape index (κ3) is 4.13. The molecule has 0 aromatic heterocycles. The second-order valence-electron chi connectivity index (χ2n) is 7.62. The molecular formula is C16H27BO4Si. The number of fused-ring (bicyclic) bond motifs is 1. The molecule has 0 saturated carbocycles. The van der Waals surface area contributed by atoms with Gasteiger partial charge in [-0.1, -0.05) is 26.8 Å². The Labute approximate surface area is 134 Å². The molecule has 0 radical (unpaired) electrons. The summed E-state index contributed by atoms with van der Waals surface area (Å²) in [6.45, 7) is 11.4. The van der Waals surface area contributed by atoms with Crippen molar-refractivity contribution in [2.24, 2.45) is 0 Å². The van der Waals surface area contributed by atoms with Crippen LogP contribution >= 0.6 is 0 Å². The van der Waals surface area contributed by atoms with Crippen LogP contribution in [0.4, 0.5) is 0 Å². The van der Waals surface area contributed by atoms with E-state index in [1.165, 1.54) is 11.1 Å². The van der Waals surface area contributed by atoms with E-state index in [1.807, 2.05) is 12.1 Å². The Balaban J connectivity index is 2.06. The second-order valence-corrected chi connectivity index (χ2v) is 12.4. The zero-order chi connectivity index (χ0) is 16.5. The van der Waals surface area contributed by atoms with Crippen LogP contribution in [0.2, 0.25) is 18.1 Å². The molecule has 0 spiro atoms. The Morgan fingerprint density at radius 1 is 1.18 bits per heavy atom. The highest BCUT2D eigenvalue weighted by atomic mass is 28.4. The van der Waals surface area contributed by atoms with Gasteiger partial charge in [0.2, 0.25) is 0 Å². The van der Waals surface area contributed by atoms with E-state index in [4.69, 9.17) is 19.1 Å². The standard InChI is InChI=1S/C16H27BO4Si/c1-16(2,3)22(4,5)21-15-9-7-12-10-14(20-17(18)19)8-6-13(12)11-15/h6,8,10,15,18-19H,7,9,11H2,1-5H3. The van der Waals surface area contributed by atoms with Crippen LogP contribution in [0.3, 0.4) is 0 Å². The van der Waals surface area contributed by atoms with Crippen molar-refractivity contribution in [3.8, 4) is 5.75 Å². The Kier molecular flexibility index (Phi) is 5.07. The zero-order valence-corrected chi connectivity index (χ0v) is 15.2. The number of rotatable bonds is 4. The molecular weight excluding hydrogens is 295 g/mol. The van der Waals surface area contributed by atoms with E-state index >= 15 is 0 Å². The van der Waals surface area contributed by atoms with Crippen LogP contribution in [0.5, 0.6) is 5.75 Å². The molecule has 1 unspecified atom stereocenters. The number of aryl methyl sites for hydroxylation is 1. The lowest BCUT2D eigenvalue weighted by atomic mass is 9.90. The van der Waals surface area contributed by atoms with Crippen molar-refractivity contribution >= 4 is 15.6 Å². The average Bonchev–Trinajstić information content (AvgIpc) is 2.36. The maximum atomic E-state index is 8.87. The highest BCUT2D eigenvalue weighted by Gasteiger charge is 2.39. The lowest BCUT2D eigenvalue weighted by Gasteiger charge is -2.40. The molecule has 1 aromatic carbocycles. The highest BCUT2D eigenvalue weighted by Crippen LogP contribution is 2.39. The maximum Gasteiger partial charge on any atom is 0.707 e. The summed E-state index contributed by atoms with van der Waals surface area (Å²) in [6, 6.07) is 5.69. The van der Waals surface area contributed by atoms with E-state index in [0.29, 0.717) is 5.75 Å². The third-order valence-corrected chi connectivity index (χ3v) is 9.40. The van der Waals surface area contributed by atoms with Crippen LogP contribution in [-0.2, 0) is 17.3 Å². The fourth-order valence-electron chi connectivity index (χ4n) is 2.59. The molecule has 2 N–H and O–H groups in total. The van der Waals surface area contributed by atoms with Crippen LogP contribution in [0.15, 0.2) is 18.2 Å². The van der Waals surface area contributed by atoms with Crippen molar-refractivity contribution < 1.29 is 19.1 Å². The van der Waals surface area contributed by atoms with Crippen LogP contribution < -0.4 is 4.65 Å². The van der Waals surface area contributed by atoms with Crippen molar-refractivity contribution in [1.82, 2.24) is 0 Å². The van der Waals surface area contributed by atoms with Gasteiger partial charge in [-0.3, -0.25) is 0 Å². The highest BCUT2D eigenvalue weighted by molar-refractivity contribution is 6.74. The van der Waals surface area contributed by atoms with E-state index in [9.17, 15) is 0 Å². The fourth-order valence-corrected chi connectivity index (χ4v) is 3.98. The molecule has 0 fully saturated rings. The largest absolute Gasteiger partial charge is 0.707 e. The van der Waals surface area contributed by atoms with Gasteiger partial charge in [0, 0.05) is 6.10 Å². The minimum atomic E-state index is -1.77. The van der Waals surface area contributed by atoms with Crippen LogP contribution in [0, 0.1) is 0 Å². The monoisotopic (exact) mass is 322 g/mol. The molecule has 122 valence electrons. The van der Waals surface area contributed by atoms with Gasteiger partial charge in [0.15, 0.2) is 8.32 Å². The predicted molar refractivity (Wildman–Crippen MR) is 91.4 cm³/mol. The SMILES string of the molecule is CC(C)(C)[Si](C)(C)OC1CCc2cc(OB(O)O)ccc2C1. The minimum Gasteiger partial charge on any atom is -0.512 e.